The number of aryl methyl sites for hydroxylation is 1. The molecule has 0 bridgehead atoms. The molecule has 4 nitrogen and oxygen atoms in total. The van der Waals surface area contributed by atoms with Crippen molar-refractivity contribution in [3.63, 3.8) is 0 Å². The van der Waals surface area contributed by atoms with Crippen molar-refractivity contribution < 1.29 is 18.7 Å². The number of nitrogens with one attached hydrogen (secondary N) is 1. The van der Waals surface area contributed by atoms with Crippen molar-refractivity contribution >= 4 is 16.7 Å². The molecule has 0 unspecified atom stereocenters. The summed E-state index contributed by atoms with van der Waals surface area (Å²) in [6.45, 7) is 4.64. The second kappa shape index (κ2) is 10.1. The van der Waals surface area contributed by atoms with E-state index >= 15 is 0 Å². The van der Waals surface area contributed by atoms with Crippen LogP contribution in [0.15, 0.2) is 78.9 Å². The van der Waals surface area contributed by atoms with Crippen molar-refractivity contribution in [2.45, 2.75) is 38.3 Å². The van der Waals surface area contributed by atoms with E-state index in [-0.39, 0.29) is 29.9 Å². The van der Waals surface area contributed by atoms with Crippen molar-refractivity contribution in [1.29, 1.82) is 0 Å². The lowest BCUT2D eigenvalue weighted by Crippen LogP contribution is -2.37. The molecule has 1 N–H and O–H groups in total. The minimum atomic E-state index is -0.326. The summed E-state index contributed by atoms with van der Waals surface area (Å²) in [6.07, 6.45) is 0.701. The minimum Gasteiger partial charge on any atom is -0.489 e. The van der Waals surface area contributed by atoms with Crippen LogP contribution in [0.4, 0.5) is 4.39 Å². The zero-order chi connectivity index (χ0) is 25.2. The molecular formula is C31H30FNO3. The first-order chi connectivity index (χ1) is 17.5. The number of benzene rings is 4. The molecule has 4 aromatic rings. The largest absolute Gasteiger partial charge is 0.489 e. The third-order valence-electron chi connectivity index (χ3n) is 7.18. The molecule has 1 aliphatic heterocycles. The van der Waals surface area contributed by atoms with E-state index < -0.39 is 0 Å². The number of carbonyl (C=O) groups is 1. The number of methoxy groups -OCH3 is 1. The van der Waals surface area contributed by atoms with Gasteiger partial charge in [0.2, 0.25) is 0 Å². The maximum Gasteiger partial charge on any atom is 0.338 e. The fourth-order valence-corrected chi connectivity index (χ4v) is 5.20. The zero-order valence-electron chi connectivity index (χ0n) is 20.8. The lowest BCUT2D eigenvalue weighted by atomic mass is 9.83. The van der Waals surface area contributed by atoms with Gasteiger partial charge in [-0.25, -0.2) is 9.18 Å². The normalized spacial score (nSPS) is 17.8. The lowest BCUT2D eigenvalue weighted by Gasteiger charge is -2.33. The topological polar surface area (TPSA) is 47.6 Å². The van der Waals surface area contributed by atoms with E-state index in [1.54, 1.807) is 0 Å². The average Bonchev–Trinajstić information content (AvgIpc) is 2.91. The van der Waals surface area contributed by atoms with Gasteiger partial charge in [0.15, 0.2) is 0 Å². The van der Waals surface area contributed by atoms with E-state index in [0.717, 1.165) is 39.8 Å². The Morgan fingerprint density at radius 2 is 1.81 bits per heavy atom. The number of para-hydroxylation sites is 1. The number of rotatable bonds is 6. The van der Waals surface area contributed by atoms with Crippen molar-refractivity contribution in [3.8, 4) is 5.75 Å². The first-order valence-electron chi connectivity index (χ1n) is 12.3. The van der Waals surface area contributed by atoms with Gasteiger partial charge in [-0.3, -0.25) is 0 Å². The molecule has 0 amide bonds. The van der Waals surface area contributed by atoms with Crippen LogP contribution in [0.25, 0.3) is 10.8 Å². The van der Waals surface area contributed by atoms with Crippen LogP contribution in [-0.4, -0.2) is 25.7 Å². The molecule has 0 radical (unpaired) electrons. The Labute approximate surface area is 211 Å². The number of esters is 1. The Morgan fingerprint density at radius 3 is 2.61 bits per heavy atom. The number of hydrogen-bond acceptors (Lipinski definition) is 4. The van der Waals surface area contributed by atoms with Gasteiger partial charge >= 0.3 is 5.97 Å². The summed E-state index contributed by atoms with van der Waals surface area (Å²) in [7, 11) is 1.41. The highest BCUT2D eigenvalue weighted by atomic mass is 19.1. The van der Waals surface area contributed by atoms with Gasteiger partial charge in [-0.2, -0.15) is 0 Å². The highest BCUT2D eigenvalue weighted by molar-refractivity contribution is 5.91. The molecule has 0 aliphatic carbocycles. The van der Waals surface area contributed by atoms with E-state index in [1.807, 2.05) is 67.6 Å². The van der Waals surface area contributed by atoms with Crippen LogP contribution in [0.5, 0.6) is 5.75 Å². The Hall–Kier alpha value is -3.70. The summed E-state index contributed by atoms with van der Waals surface area (Å²) in [4.78, 5) is 12.3. The SMILES string of the molecule is COC(=O)c1cc([C@H]2C[C@H](CN[C@H](C)c3ccc(F)c4ccccc34)Oc3ccccc32)ccc1C. The Bertz CT molecular complexity index is 1420. The highest BCUT2D eigenvalue weighted by Crippen LogP contribution is 2.41. The van der Waals surface area contributed by atoms with Gasteiger partial charge in [-0.1, -0.05) is 60.7 Å². The molecule has 36 heavy (non-hydrogen) atoms. The zero-order valence-corrected chi connectivity index (χ0v) is 20.8. The molecule has 5 rings (SSSR count). The summed E-state index contributed by atoms with van der Waals surface area (Å²) in [5, 5.41) is 5.16. The molecule has 0 aromatic heterocycles. The fraction of sp³-hybridized carbons (Fsp3) is 0.258. The van der Waals surface area contributed by atoms with Crippen LogP contribution in [-0.2, 0) is 4.74 Å². The highest BCUT2D eigenvalue weighted by Gasteiger charge is 2.30. The van der Waals surface area contributed by atoms with Gasteiger partial charge in [0.05, 0.1) is 12.7 Å². The van der Waals surface area contributed by atoms with E-state index in [0.29, 0.717) is 17.5 Å². The number of ether oxygens (including phenoxy) is 2. The smallest absolute Gasteiger partial charge is 0.338 e. The van der Waals surface area contributed by atoms with Crippen molar-refractivity contribution in [1.82, 2.24) is 5.32 Å². The summed E-state index contributed by atoms with van der Waals surface area (Å²) < 4.78 is 25.7. The summed E-state index contributed by atoms with van der Waals surface area (Å²) in [5.41, 5.74) is 4.72. The molecule has 1 aliphatic rings. The van der Waals surface area contributed by atoms with Gasteiger partial charge in [0.1, 0.15) is 17.7 Å². The van der Waals surface area contributed by atoms with Crippen LogP contribution in [0.3, 0.4) is 0 Å². The fourth-order valence-electron chi connectivity index (χ4n) is 5.20. The van der Waals surface area contributed by atoms with Crippen LogP contribution in [0, 0.1) is 12.7 Å². The third kappa shape index (κ3) is 4.59. The molecule has 4 aromatic carbocycles. The third-order valence-corrected chi connectivity index (χ3v) is 7.18. The van der Waals surface area contributed by atoms with Crippen LogP contribution in [0.1, 0.15) is 57.9 Å². The predicted molar refractivity (Wildman–Crippen MR) is 140 cm³/mol. The van der Waals surface area contributed by atoms with Crippen molar-refractivity contribution in [3.05, 3.63) is 112 Å². The van der Waals surface area contributed by atoms with E-state index in [9.17, 15) is 9.18 Å². The van der Waals surface area contributed by atoms with Crippen molar-refractivity contribution in [2.24, 2.45) is 0 Å². The summed E-state index contributed by atoms with van der Waals surface area (Å²) >= 11 is 0. The monoisotopic (exact) mass is 483 g/mol. The van der Waals surface area contributed by atoms with E-state index in [2.05, 4.69) is 24.4 Å². The number of halogens is 1. The minimum absolute atomic E-state index is 0.0139. The molecule has 184 valence electrons. The standard InChI is InChI=1S/C31H30FNO3/c1-19-12-13-21(16-27(19)31(34)35-3)28-17-22(36-30-11-7-6-10-26(28)30)18-33-20(2)23-14-15-29(32)25-9-5-4-8-24(23)25/h4-16,20,22,28,33H,17-18H2,1-3H3/t20-,22-,28-/m1/s1. The molecule has 0 saturated heterocycles. The molecule has 0 spiro atoms. The maximum atomic E-state index is 14.3. The molecule has 3 atom stereocenters. The maximum absolute atomic E-state index is 14.3. The van der Waals surface area contributed by atoms with Crippen LogP contribution >= 0.6 is 0 Å². The van der Waals surface area contributed by atoms with Gasteiger partial charge in [-0.15, -0.1) is 0 Å². The van der Waals surface area contributed by atoms with E-state index in [1.165, 1.54) is 13.2 Å². The van der Waals surface area contributed by atoms with E-state index in [4.69, 9.17) is 9.47 Å². The first kappa shape index (κ1) is 24.0. The quantitative estimate of drug-likeness (QED) is 0.310. The molecule has 0 fully saturated rings. The lowest BCUT2D eigenvalue weighted by molar-refractivity contribution is 0.0599. The molecule has 0 saturated carbocycles. The Balaban J connectivity index is 1.39. The molecule has 1 heterocycles. The number of fused-ring (bicyclic) bond motifs is 2. The van der Waals surface area contributed by atoms with Crippen molar-refractivity contribution in [2.75, 3.05) is 13.7 Å². The van der Waals surface area contributed by atoms with Gasteiger partial charge < -0.3 is 14.8 Å². The number of carbonyl (C=O) groups excluding carboxylic acids is 1. The Kier molecular flexibility index (Phi) is 6.75. The van der Waals surface area contributed by atoms with Crippen LogP contribution < -0.4 is 10.1 Å². The average molecular weight is 484 g/mol. The first-order valence-corrected chi connectivity index (χ1v) is 12.3. The van der Waals surface area contributed by atoms with Gasteiger partial charge in [0.25, 0.3) is 0 Å². The molecular weight excluding hydrogens is 453 g/mol. The molecule has 5 heteroatoms. The van der Waals surface area contributed by atoms with Crippen LogP contribution in [0.2, 0.25) is 0 Å². The number of hydrogen-bond donors (Lipinski definition) is 1. The second-order valence-electron chi connectivity index (χ2n) is 9.44. The summed E-state index contributed by atoms with van der Waals surface area (Å²) in [6, 6.07) is 25.1. The predicted octanol–water partition coefficient (Wildman–Crippen LogP) is 6.71. The summed E-state index contributed by atoms with van der Waals surface area (Å²) in [5.74, 6) is 0.419. The van der Waals surface area contributed by atoms with Gasteiger partial charge in [-0.05, 0) is 60.5 Å². The Morgan fingerprint density at radius 1 is 1.06 bits per heavy atom. The van der Waals surface area contributed by atoms with Gasteiger partial charge in [0, 0.05) is 29.5 Å². The second-order valence-corrected chi connectivity index (χ2v) is 9.44.